The highest BCUT2D eigenvalue weighted by molar-refractivity contribution is 6.08. The van der Waals surface area contributed by atoms with Crippen LogP contribution in [0, 0.1) is 5.92 Å². The first-order chi connectivity index (χ1) is 3.93. The summed E-state index contributed by atoms with van der Waals surface area (Å²) in [5.41, 5.74) is 0. The molecule has 1 unspecified atom stereocenters. The Morgan fingerprint density at radius 1 is 1.50 bits per heavy atom. The minimum absolute atomic E-state index is 0.597. The standard InChI is InChI=1S/C7H9B/c8-6-7-4-2-1-3-5-7/h1-4,7H,5-6H2. The Balaban J connectivity index is 2.40. The zero-order valence-electron chi connectivity index (χ0n) is 4.88. The van der Waals surface area contributed by atoms with Crippen LogP contribution in [0.5, 0.6) is 0 Å². The van der Waals surface area contributed by atoms with Gasteiger partial charge in [0.15, 0.2) is 0 Å². The topological polar surface area (TPSA) is 0 Å². The van der Waals surface area contributed by atoms with E-state index in [0.717, 1.165) is 12.7 Å². The van der Waals surface area contributed by atoms with E-state index in [1.165, 1.54) is 0 Å². The smallest absolute Gasteiger partial charge is 0.0661 e. The zero-order valence-corrected chi connectivity index (χ0v) is 4.88. The molecular formula is C7H9B. The van der Waals surface area contributed by atoms with Crippen molar-refractivity contribution < 1.29 is 0 Å². The Labute approximate surface area is 51.7 Å². The van der Waals surface area contributed by atoms with Gasteiger partial charge in [-0.1, -0.05) is 30.6 Å². The van der Waals surface area contributed by atoms with Crippen molar-refractivity contribution in [2.75, 3.05) is 0 Å². The molecule has 0 bridgehead atoms. The fourth-order valence-electron chi connectivity index (χ4n) is 0.807. The van der Waals surface area contributed by atoms with Crippen molar-refractivity contribution in [2.24, 2.45) is 5.92 Å². The molecule has 0 fully saturated rings. The molecule has 8 heavy (non-hydrogen) atoms. The first-order valence-electron chi connectivity index (χ1n) is 2.97. The van der Waals surface area contributed by atoms with Gasteiger partial charge in [-0.15, -0.1) is 0 Å². The van der Waals surface area contributed by atoms with E-state index in [1.54, 1.807) is 0 Å². The predicted octanol–water partition coefficient (Wildman–Crippen LogP) is 1.71. The summed E-state index contributed by atoms with van der Waals surface area (Å²) in [6.07, 6.45) is 10.3. The van der Waals surface area contributed by atoms with Crippen LogP contribution in [-0.4, -0.2) is 7.85 Å². The quantitative estimate of drug-likeness (QED) is 0.444. The van der Waals surface area contributed by atoms with Crippen LogP contribution in [0.1, 0.15) is 6.42 Å². The summed E-state index contributed by atoms with van der Waals surface area (Å²) >= 11 is 0. The molecule has 0 aromatic heterocycles. The summed E-state index contributed by atoms with van der Waals surface area (Å²) in [6.45, 7) is 0. The van der Waals surface area contributed by atoms with Crippen molar-refractivity contribution in [3.8, 4) is 0 Å². The van der Waals surface area contributed by atoms with Crippen LogP contribution in [0.25, 0.3) is 0 Å². The van der Waals surface area contributed by atoms with Crippen molar-refractivity contribution >= 4 is 7.85 Å². The third-order valence-electron chi connectivity index (χ3n) is 1.37. The Morgan fingerprint density at radius 3 is 2.75 bits per heavy atom. The largest absolute Gasteiger partial charge is 0.0840 e. The molecule has 40 valence electrons. The molecule has 0 nitrogen and oxygen atoms in total. The fourth-order valence-corrected chi connectivity index (χ4v) is 0.807. The molecule has 0 aromatic carbocycles. The summed E-state index contributed by atoms with van der Waals surface area (Å²) in [5.74, 6) is 0.597. The van der Waals surface area contributed by atoms with Gasteiger partial charge in [0.25, 0.3) is 0 Å². The summed E-state index contributed by atoms with van der Waals surface area (Å²) in [6, 6.07) is 0. The molecule has 0 saturated carbocycles. The Morgan fingerprint density at radius 2 is 2.38 bits per heavy atom. The minimum Gasteiger partial charge on any atom is -0.0840 e. The monoisotopic (exact) mass is 104 g/mol. The van der Waals surface area contributed by atoms with Crippen molar-refractivity contribution in [3.05, 3.63) is 24.3 Å². The van der Waals surface area contributed by atoms with Gasteiger partial charge in [-0.05, 0) is 12.3 Å². The summed E-state index contributed by atoms with van der Waals surface area (Å²) in [7, 11) is 5.42. The molecule has 0 heterocycles. The second kappa shape index (κ2) is 2.76. The average Bonchev–Trinajstić information content (AvgIpc) is 1.90. The molecule has 0 N–H and O–H groups in total. The van der Waals surface area contributed by atoms with Gasteiger partial charge in [-0.2, -0.15) is 0 Å². The lowest BCUT2D eigenvalue weighted by atomic mass is 9.87. The molecular weight excluding hydrogens is 94.9 g/mol. The second-order valence-corrected chi connectivity index (χ2v) is 2.04. The van der Waals surface area contributed by atoms with E-state index >= 15 is 0 Å². The van der Waals surface area contributed by atoms with Crippen LogP contribution in [0.2, 0.25) is 6.32 Å². The van der Waals surface area contributed by atoms with E-state index < -0.39 is 0 Å². The van der Waals surface area contributed by atoms with E-state index in [2.05, 4.69) is 24.3 Å². The zero-order chi connectivity index (χ0) is 5.82. The first kappa shape index (κ1) is 5.68. The first-order valence-corrected chi connectivity index (χ1v) is 2.97. The van der Waals surface area contributed by atoms with Gasteiger partial charge >= 0.3 is 0 Å². The number of rotatable bonds is 1. The van der Waals surface area contributed by atoms with E-state index in [0.29, 0.717) is 5.92 Å². The number of hydrogen-bond acceptors (Lipinski definition) is 0. The maximum absolute atomic E-state index is 5.42. The molecule has 0 amide bonds. The predicted molar refractivity (Wildman–Crippen MR) is 36.9 cm³/mol. The average molecular weight is 104 g/mol. The second-order valence-electron chi connectivity index (χ2n) is 2.04. The van der Waals surface area contributed by atoms with Gasteiger partial charge in [0.1, 0.15) is 0 Å². The van der Waals surface area contributed by atoms with Gasteiger partial charge in [-0.3, -0.25) is 0 Å². The molecule has 2 radical (unpaired) electrons. The summed E-state index contributed by atoms with van der Waals surface area (Å²) in [4.78, 5) is 0. The van der Waals surface area contributed by atoms with Gasteiger partial charge in [0.2, 0.25) is 0 Å². The van der Waals surface area contributed by atoms with Crippen LogP contribution >= 0.6 is 0 Å². The molecule has 0 spiro atoms. The summed E-state index contributed by atoms with van der Waals surface area (Å²) in [5, 5.41) is 0. The van der Waals surface area contributed by atoms with Crippen molar-refractivity contribution in [2.45, 2.75) is 12.7 Å². The van der Waals surface area contributed by atoms with Crippen LogP contribution in [0.3, 0.4) is 0 Å². The van der Waals surface area contributed by atoms with E-state index in [-0.39, 0.29) is 0 Å². The van der Waals surface area contributed by atoms with Gasteiger partial charge in [0.05, 0.1) is 7.85 Å². The Hall–Kier alpha value is -0.455. The van der Waals surface area contributed by atoms with Gasteiger partial charge in [0, 0.05) is 0 Å². The Kier molecular flexibility index (Phi) is 1.96. The van der Waals surface area contributed by atoms with Crippen LogP contribution < -0.4 is 0 Å². The Bertz CT molecular complexity index is 114. The van der Waals surface area contributed by atoms with Gasteiger partial charge in [-0.25, -0.2) is 0 Å². The molecule has 1 rings (SSSR count). The molecule has 1 atom stereocenters. The fraction of sp³-hybridized carbons (Fsp3) is 0.429. The third kappa shape index (κ3) is 1.26. The lowest BCUT2D eigenvalue weighted by Gasteiger charge is -2.07. The highest BCUT2D eigenvalue weighted by Crippen LogP contribution is 2.13. The molecule has 1 aliphatic carbocycles. The van der Waals surface area contributed by atoms with Crippen LogP contribution in [-0.2, 0) is 0 Å². The number of allylic oxidation sites excluding steroid dienone is 4. The van der Waals surface area contributed by atoms with Crippen LogP contribution in [0.15, 0.2) is 24.3 Å². The van der Waals surface area contributed by atoms with Gasteiger partial charge < -0.3 is 0 Å². The van der Waals surface area contributed by atoms with Crippen molar-refractivity contribution in [1.29, 1.82) is 0 Å². The van der Waals surface area contributed by atoms with E-state index in [4.69, 9.17) is 7.85 Å². The normalized spacial score (nSPS) is 26.2. The highest BCUT2D eigenvalue weighted by atomic mass is 14.0. The maximum atomic E-state index is 5.42. The number of hydrogen-bond donors (Lipinski definition) is 0. The molecule has 1 aliphatic rings. The SMILES string of the molecule is [B]CC1C=CC=CC1. The molecule has 1 heteroatoms. The lowest BCUT2D eigenvalue weighted by molar-refractivity contribution is 0.735. The van der Waals surface area contributed by atoms with Crippen molar-refractivity contribution in [1.82, 2.24) is 0 Å². The van der Waals surface area contributed by atoms with E-state index in [1.807, 2.05) is 0 Å². The molecule has 0 saturated heterocycles. The highest BCUT2D eigenvalue weighted by Gasteiger charge is 1.98. The maximum Gasteiger partial charge on any atom is 0.0661 e. The third-order valence-corrected chi connectivity index (χ3v) is 1.37. The minimum atomic E-state index is 0.597. The molecule has 0 aliphatic heterocycles. The van der Waals surface area contributed by atoms with Crippen molar-refractivity contribution in [3.63, 3.8) is 0 Å². The molecule has 0 aromatic rings. The van der Waals surface area contributed by atoms with E-state index in [9.17, 15) is 0 Å². The summed E-state index contributed by atoms with van der Waals surface area (Å²) < 4.78 is 0. The lowest BCUT2D eigenvalue weighted by Crippen LogP contribution is -1.94. The van der Waals surface area contributed by atoms with Crippen LogP contribution in [0.4, 0.5) is 0 Å².